The molecule has 0 radical (unpaired) electrons. The molecule has 0 unspecified atom stereocenters. The van der Waals surface area contributed by atoms with E-state index in [0.717, 1.165) is 6.42 Å². The van der Waals surface area contributed by atoms with Crippen LogP contribution in [-0.2, 0) is 18.9 Å². The van der Waals surface area contributed by atoms with E-state index in [1.54, 1.807) is 0 Å². The Morgan fingerprint density at radius 1 is 0.960 bits per heavy atom. The molecule has 2 aliphatic carbocycles. The molecule has 124 valence electrons. The zero-order valence-electron chi connectivity index (χ0n) is 15.7. The van der Waals surface area contributed by atoms with Crippen molar-refractivity contribution in [1.82, 2.24) is 0 Å². The minimum atomic E-state index is 0.0474. The molecule has 0 saturated heterocycles. The predicted octanol–water partition coefficient (Wildman–Crippen LogP) is 5.01. The second-order valence-electron chi connectivity index (χ2n) is 8.30. The Labute approximate surface area is 150 Å². The number of aryl methyl sites for hydroxylation is 2. The third-order valence-corrected chi connectivity index (χ3v) is 6.35. The largest absolute Gasteiger partial charge is 0.216 e. The molecule has 0 amide bonds. The third-order valence-electron chi connectivity index (χ3n) is 6.35. The molecular weight excluding hydrogens is 302 g/mol. The fraction of sp³-hybridized carbons (Fsp3) is 0.292. The smallest absolute Gasteiger partial charge is 0.200 e. The first-order chi connectivity index (χ1) is 11.9. The fourth-order valence-corrected chi connectivity index (χ4v) is 5.08. The van der Waals surface area contributed by atoms with Crippen molar-refractivity contribution < 1.29 is 4.57 Å². The van der Waals surface area contributed by atoms with Crippen molar-refractivity contribution in [2.24, 2.45) is 7.05 Å². The zero-order valence-corrected chi connectivity index (χ0v) is 15.7. The van der Waals surface area contributed by atoms with Crippen molar-refractivity contribution in [1.29, 1.82) is 0 Å². The van der Waals surface area contributed by atoms with Gasteiger partial charge in [0.2, 0.25) is 5.69 Å². The zero-order chi connectivity index (χ0) is 17.5. The fourth-order valence-electron chi connectivity index (χ4n) is 5.08. The number of aromatic nitrogens is 1. The van der Waals surface area contributed by atoms with E-state index < -0.39 is 0 Å². The molecule has 3 aromatic rings. The van der Waals surface area contributed by atoms with Crippen molar-refractivity contribution in [3.05, 3.63) is 76.0 Å². The summed E-state index contributed by atoms with van der Waals surface area (Å²) in [4.78, 5) is 0. The Kier molecular flexibility index (Phi) is 2.74. The van der Waals surface area contributed by atoms with Gasteiger partial charge in [-0.3, -0.25) is 0 Å². The molecule has 5 rings (SSSR count). The quantitative estimate of drug-likeness (QED) is 0.400. The summed E-state index contributed by atoms with van der Waals surface area (Å²) in [6, 6.07) is 13.8. The highest BCUT2D eigenvalue weighted by molar-refractivity contribution is 5.88. The lowest BCUT2D eigenvalue weighted by Crippen LogP contribution is -2.32. The molecule has 25 heavy (non-hydrogen) atoms. The summed E-state index contributed by atoms with van der Waals surface area (Å²) in [5.74, 6) is 0. The first kappa shape index (κ1) is 14.9. The molecule has 1 heterocycles. The first-order valence-corrected chi connectivity index (χ1v) is 9.16. The maximum Gasteiger partial charge on any atom is 0.216 e. The van der Waals surface area contributed by atoms with Gasteiger partial charge < -0.3 is 0 Å². The van der Waals surface area contributed by atoms with Gasteiger partial charge in [0.1, 0.15) is 7.05 Å². The number of benzene rings is 2. The van der Waals surface area contributed by atoms with Gasteiger partial charge in [-0.05, 0) is 65.8 Å². The highest BCUT2D eigenvalue weighted by atomic mass is 14.9. The van der Waals surface area contributed by atoms with Crippen LogP contribution in [0.3, 0.4) is 0 Å². The Morgan fingerprint density at radius 2 is 1.72 bits per heavy atom. The number of pyridine rings is 1. The topological polar surface area (TPSA) is 3.88 Å². The van der Waals surface area contributed by atoms with Crippen LogP contribution in [0.15, 0.2) is 42.6 Å². The number of nitrogens with zero attached hydrogens (tertiary/aromatic N) is 1. The second kappa shape index (κ2) is 4.60. The van der Waals surface area contributed by atoms with Gasteiger partial charge in [0.25, 0.3) is 0 Å². The van der Waals surface area contributed by atoms with E-state index in [2.05, 4.69) is 81.9 Å². The van der Waals surface area contributed by atoms with Crippen LogP contribution in [0.25, 0.3) is 22.4 Å². The Hall–Kier alpha value is -2.41. The van der Waals surface area contributed by atoms with Crippen LogP contribution in [0.4, 0.5) is 0 Å². The van der Waals surface area contributed by atoms with Crippen LogP contribution < -0.4 is 4.57 Å². The van der Waals surface area contributed by atoms with Crippen LogP contribution in [0.5, 0.6) is 0 Å². The highest BCUT2D eigenvalue weighted by Crippen LogP contribution is 2.52. The summed E-state index contributed by atoms with van der Waals surface area (Å²) in [6.45, 7) is 9.28. The number of rotatable bonds is 0. The second-order valence-corrected chi connectivity index (χ2v) is 8.30. The summed E-state index contributed by atoms with van der Waals surface area (Å²) in [5, 5.41) is 0. The van der Waals surface area contributed by atoms with Crippen LogP contribution in [0, 0.1) is 13.8 Å². The molecule has 0 bridgehead atoms. The lowest BCUT2D eigenvalue weighted by atomic mass is 9.80. The average molecular weight is 326 g/mol. The van der Waals surface area contributed by atoms with Crippen LogP contribution in [0.1, 0.15) is 47.2 Å². The van der Waals surface area contributed by atoms with Gasteiger partial charge in [-0.25, -0.2) is 4.57 Å². The summed E-state index contributed by atoms with van der Waals surface area (Å²) in [5.41, 5.74) is 14.5. The molecule has 2 aromatic carbocycles. The Balaban J connectivity index is 1.88. The van der Waals surface area contributed by atoms with Crippen molar-refractivity contribution in [3.63, 3.8) is 0 Å². The summed E-state index contributed by atoms with van der Waals surface area (Å²) >= 11 is 0. The number of fused-ring (bicyclic) bond motifs is 6. The van der Waals surface area contributed by atoms with Gasteiger partial charge in [0.05, 0.1) is 5.56 Å². The maximum atomic E-state index is 2.48. The van der Waals surface area contributed by atoms with Gasteiger partial charge in [-0.2, -0.15) is 0 Å². The van der Waals surface area contributed by atoms with E-state index in [-0.39, 0.29) is 5.41 Å². The average Bonchev–Trinajstić information content (AvgIpc) is 3.04. The van der Waals surface area contributed by atoms with E-state index >= 15 is 0 Å². The molecule has 0 aliphatic heterocycles. The maximum absolute atomic E-state index is 2.48. The third kappa shape index (κ3) is 1.76. The van der Waals surface area contributed by atoms with Crippen LogP contribution in [0.2, 0.25) is 0 Å². The SMILES string of the molecule is Cc1cc2c([n+](C)c1)-c1c(cc3c(c1C)Cc1ccccc1-3)C2(C)C. The number of hydrogen-bond donors (Lipinski definition) is 0. The summed E-state index contributed by atoms with van der Waals surface area (Å²) in [6.07, 6.45) is 3.32. The highest BCUT2D eigenvalue weighted by Gasteiger charge is 2.43. The van der Waals surface area contributed by atoms with E-state index in [9.17, 15) is 0 Å². The van der Waals surface area contributed by atoms with Gasteiger partial charge in [0.15, 0.2) is 6.20 Å². The first-order valence-electron chi connectivity index (χ1n) is 9.16. The summed E-state index contributed by atoms with van der Waals surface area (Å²) < 4.78 is 2.33. The monoisotopic (exact) mass is 326 g/mol. The Morgan fingerprint density at radius 3 is 2.52 bits per heavy atom. The molecule has 2 aliphatic rings. The van der Waals surface area contributed by atoms with E-state index in [1.807, 2.05) is 0 Å². The lowest BCUT2D eigenvalue weighted by Gasteiger charge is -2.21. The van der Waals surface area contributed by atoms with Crippen molar-refractivity contribution >= 4 is 0 Å². The minimum Gasteiger partial charge on any atom is -0.200 e. The molecular formula is C24H24N+. The van der Waals surface area contributed by atoms with Crippen molar-refractivity contribution in [2.75, 3.05) is 0 Å². The van der Waals surface area contributed by atoms with Crippen molar-refractivity contribution in [2.45, 2.75) is 39.5 Å². The Bertz CT molecular complexity index is 1070. The lowest BCUT2D eigenvalue weighted by molar-refractivity contribution is -0.660. The van der Waals surface area contributed by atoms with E-state index in [1.165, 1.54) is 55.8 Å². The van der Waals surface area contributed by atoms with Crippen molar-refractivity contribution in [3.8, 4) is 22.4 Å². The molecule has 0 spiro atoms. The summed E-state index contributed by atoms with van der Waals surface area (Å²) in [7, 11) is 2.19. The van der Waals surface area contributed by atoms with Gasteiger partial charge in [-0.1, -0.05) is 38.1 Å². The minimum absolute atomic E-state index is 0.0474. The van der Waals surface area contributed by atoms with Gasteiger partial charge in [0, 0.05) is 16.5 Å². The molecule has 0 saturated carbocycles. The molecule has 1 aromatic heterocycles. The van der Waals surface area contributed by atoms with E-state index in [0.29, 0.717) is 0 Å². The van der Waals surface area contributed by atoms with Crippen LogP contribution in [-0.4, -0.2) is 0 Å². The molecule has 1 nitrogen and oxygen atoms in total. The normalized spacial score (nSPS) is 15.6. The molecule has 0 atom stereocenters. The standard InChI is InChI=1S/C24H24N/c1-14-10-21-23(25(5)13-14)22-15(2)18-11-16-8-6-7-9-17(16)19(18)12-20(22)24(21,3)4/h6-10,12-13H,11H2,1-5H3/q+1. The number of hydrogen-bond acceptors (Lipinski definition) is 0. The molecule has 0 fully saturated rings. The van der Waals surface area contributed by atoms with Crippen LogP contribution >= 0.6 is 0 Å². The molecule has 0 N–H and O–H groups in total. The predicted molar refractivity (Wildman–Crippen MR) is 103 cm³/mol. The van der Waals surface area contributed by atoms with E-state index in [4.69, 9.17) is 0 Å². The molecule has 1 heteroatoms. The van der Waals surface area contributed by atoms with Gasteiger partial charge in [-0.15, -0.1) is 0 Å². The van der Waals surface area contributed by atoms with Gasteiger partial charge >= 0.3 is 0 Å².